The molecule has 20 heavy (non-hydrogen) atoms. The van der Waals surface area contributed by atoms with Crippen molar-refractivity contribution in [2.75, 3.05) is 18.1 Å². The summed E-state index contributed by atoms with van der Waals surface area (Å²) >= 11 is 0. The van der Waals surface area contributed by atoms with Crippen molar-refractivity contribution in [3.05, 3.63) is 29.8 Å². The van der Waals surface area contributed by atoms with E-state index < -0.39 is 20.5 Å². The number of hydrogen-bond acceptors (Lipinski definition) is 4. The van der Waals surface area contributed by atoms with Gasteiger partial charge in [0.15, 0.2) is 9.84 Å². The lowest BCUT2D eigenvalue weighted by molar-refractivity contribution is -0.117. The summed E-state index contributed by atoms with van der Waals surface area (Å²) in [6.45, 7) is 3.03. The second-order valence-electron chi connectivity index (χ2n) is 4.82. The van der Waals surface area contributed by atoms with Crippen LogP contribution in [0.5, 0.6) is 0 Å². The molecule has 1 aromatic rings. The van der Waals surface area contributed by atoms with E-state index in [0.29, 0.717) is 5.69 Å². The molecule has 0 saturated heterocycles. The van der Waals surface area contributed by atoms with Gasteiger partial charge in [-0.25, -0.2) is 8.42 Å². The summed E-state index contributed by atoms with van der Waals surface area (Å²) in [6.07, 6.45) is 1.04. The third-order valence-electron chi connectivity index (χ3n) is 2.95. The topological polar surface area (TPSA) is 89.3 Å². The number of anilines is 1. The van der Waals surface area contributed by atoms with Crippen LogP contribution in [0.3, 0.4) is 0 Å². The number of nitrogens with one attached hydrogen (secondary N) is 1. The van der Waals surface area contributed by atoms with Crippen molar-refractivity contribution in [1.82, 2.24) is 0 Å². The molecule has 0 fully saturated rings. The van der Waals surface area contributed by atoms with Crippen molar-refractivity contribution >= 4 is 21.4 Å². The van der Waals surface area contributed by atoms with Crippen LogP contribution in [0.1, 0.15) is 19.4 Å². The predicted molar refractivity (Wildman–Crippen MR) is 79.9 cm³/mol. The largest absolute Gasteiger partial charge is 0.325 e. The number of hydrogen-bond donors (Lipinski definition) is 2. The van der Waals surface area contributed by atoms with Gasteiger partial charge in [-0.2, -0.15) is 0 Å². The summed E-state index contributed by atoms with van der Waals surface area (Å²) in [7, 11) is -3.49. The first-order chi connectivity index (χ1) is 9.18. The molecule has 6 heteroatoms. The molecule has 1 aromatic carbocycles. The summed E-state index contributed by atoms with van der Waals surface area (Å²) in [4.78, 5) is 12.0. The molecule has 0 heterocycles. The fourth-order valence-corrected chi connectivity index (χ4v) is 1.63. The summed E-state index contributed by atoms with van der Waals surface area (Å²) < 4.78 is 21.7. The molecule has 0 spiro atoms. The second kappa shape index (κ2) is 6.07. The number of benzene rings is 1. The van der Waals surface area contributed by atoms with Crippen molar-refractivity contribution in [3.8, 4) is 11.8 Å². The van der Waals surface area contributed by atoms with Gasteiger partial charge < -0.3 is 11.1 Å². The van der Waals surface area contributed by atoms with Crippen LogP contribution in [-0.2, 0) is 14.6 Å². The van der Waals surface area contributed by atoms with Crippen LogP contribution in [0.25, 0.3) is 0 Å². The summed E-state index contributed by atoms with van der Waals surface area (Å²) in [5, 5.41) is 2.58. The molecule has 0 aliphatic rings. The minimum atomic E-state index is -3.49. The number of nitrogens with two attached hydrogens (primary N) is 1. The molecule has 0 aliphatic heterocycles. The average Bonchev–Trinajstić information content (AvgIpc) is 2.36. The number of carbonyl (C=O) groups is 1. The molecule has 0 aliphatic carbocycles. The van der Waals surface area contributed by atoms with Gasteiger partial charge in [-0.3, -0.25) is 4.79 Å². The molecular weight excluding hydrogens is 276 g/mol. The molecule has 0 aromatic heterocycles. The number of sulfone groups is 1. The van der Waals surface area contributed by atoms with Crippen molar-refractivity contribution in [1.29, 1.82) is 0 Å². The summed E-state index contributed by atoms with van der Waals surface area (Å²) in [5.74, 6) is 5.01. The normalized spacial score (nSPS) is 11.4. The Kier molecular flexibility index (Phi) is 4.93. The van der Waals surface area contributed by atoms with Gasteiger partial charge in [0.1, 0.15) is 4.75 Å². The van der Waals surface area contributed by atoms with Crippen LogP contribution in [0.4, 0.5) is 5.69 Å². The van der Waals surface area contributed by atoms with E-state index in [-0.39, 0.29) is 6.54 Å². The summed E-state index contributed by atoms with van der Waals surface area (Å²) in [6, 6.07) is 6.78. The number of carbonyl (C=O) groups excluding carboxylic acids is 1. The van der Waals surface area contributed by atoms with Crippen LogP contribution >= 0.6 is 0 Å². The number of amides is 1. The van der Waals surface area contributed by atoms with E-state index in [1.807, 2.05) is 0 Å². The minimum Gasteiger partial charge on any atom is -0.325 e. The zero-order valence-corrected chi connectivity index (χ0v) is 12.5. The third-order valence-corrected chi connectivity index (χ3v) is 4.99. The monoisotopic (exact) mass is 294 g/mol. The van der Waals surface area contributed by atoms with E-state index in [1.165, 1.54) is 13.8 Å². The Morgan fingerprint density at radius 1 is 1.30 bits per heavy atom. The SMILES string of the molecule is CC(C)(C(=O)Nc1ccc(C#CCN)cc1)S(C)(=O)=O. The predicted octanol–water partition coefficient (Wildman–Crippen LogP) is 0.759. The fourth-order valence-electron chi connectivity index (χ4n) is 1.24. The second-order valence-corrected chi connectivity index (χ2v) is 7.38. The van der Waals surface area contributed by atoms with Crippen LogP contribution in [0, 0.1) is 11.8 Å². The van der Waals surface area contributed by atoms with Crippen molar-refractivity contribution in [2.45, 2.75) is 18.6 Å². The van der Waals surface area contributed by atoms with E-state index in [4.69, 9.17) is 5.73 Å². The van der Waals surface area contributed by atoms with Crippen molar-refractivity contribution in [3.63, 3.8) is 0 Å². The fraction of sp³-hybridized carbons (Fsp3) is 0.357. The Labute approximate surface area is 119 Å². The van der Waals surface area contributed by atoms with Gasteiger partial charge in [0.05, 0.1) is 6.54 Å². The van der Waals surface area contributed by atoms with Gasteiger partial charge in [0.2, 0.25) is 5.91 Å². The first-order valence-corrected chi connectivity index (χ1v) is 7.87. The maximum atomic E-state index is 12.0. The van der Waals surface area contributed by atoms with Crippen molar-refractivity contribution in [2.24, 2.45) is 5.73 Å². The molecule has 5 nitrogen and oxygen atoms in total. The maximum Gasteiger partial charge on any atom is 0.245 e. The Balaban J connectivity index is 2.87. The highest BCUT2D eigenvalue weighted by Gasteiger charge is 2.38. The van der Waals surface area contributed by atoms with Gasteiger partial charge in [0.25, 0.3) is 0 Å². The van der Waals surface area contributed by atoms with E-state index in [9.17, 15) is 13.2 Å². The lowest BCUT2D eigenvalue weighted by atomic mass is 10.1. The highest BCUT2D eigenvalue weighted by molar-refractivity contribution is 7.92. The standard InChI is InChI=1S/C14H18N2O3S/c1-14(2,20(3,18)19)13(17)16-12-8-6-11(7-9-12)5-4-10-15/h6-9H,10,15H2,1-3H3,(H,16,17). The molecule has 3 N–H and O–H groups in total. The molecule has 0 atom stereocenters. The molecular formula is C14H18N2O3S. The van der Waals surface area contributed by atoms with Crippen molar-refractivity contribution < 1.29 is 13.2 Å². The first-order valence-electron chi connectivity index (χ1n) is 5.98. The zero-order valence-electron chi connectivity index (χ0n) is 11.7. The number of rotatable bonds is 3. The quantitative estimate of drug-likeness (QED) is 0.805. The van der Waals surface area contributed by atoms with Gasteiger partial charge in [0, 0.05) is 17.5 Å². The lowest BCUT2D eigenvalue weighted by Gasteiger charge is -2.21. The average molecular weight is 294 g/mol. The van der Waals surface area contributed by atoms with E-state index in [0.717, 1.165) is 11.8 Å². The van der Waals surface area contributed by atoms with Gasteiger partial charge in [-0.15, -0.1) is 0 Å². The zero-order chi connectivity index (χ0) is 15.4. The smallest absolute Gasteiger partial charge is 0.245 e. The highest BCUT2D eigenvalue weighted by atomic mass is 32.2. The van der Waals surface area contributed by atoms with Crippen LogP contribution in [0.2, 0.25) is 0 Å². The van der Waals surface area contributed by atoms with Gasteiger partial charge in [-0.05, 0) is 38.1 Å². The van der Waals surface area contributed by atoms with Crippen LogP contribution < -0.4 is 11.1 Å². The minimum absolute atomic E-state index is 0.279. The van der Waals surface area contributed by atoms with E-state index in [2.05, 4.69) is 17.2 Å². The Morgan fingerprint density at radius 2 is 1.85 bits per heavy atom. The molecule has 1 rings (SSSR count). The molecule has 0 bridgehead atoms. The van der Waals surface area contributed by atoms with Crippen LogP contribution in [0.15, 0.2) is 24.3 Å². The van der Waals surface area contributed by atoms with Crippen LogP contribution in [-0.4, -0.2) is 31.9 Å². The Morgan fingerprint density at radius 3 is 2.30 bits per heavy atom. The third kappa shape index (κ3) is 3.83. The first kappa shape index (κ1) is 16.2. The Bertz CT molecular complexity index is 650. The van der Waals surface area contributed by atoms with Gasteiger partial charge in [-0.1, -0.05) is 11.8 Å². The highest BCUT2D eigenvalue weighted by Crippen LogP contribution is 2.18. The molecule has 0 unspecified atom stereocenters. The molecule has 0 saturated carbocycles. The molecule has 108 valence electrons. The molecule has 1 amide bonds. The lowest BCUT2D eigenvalue weighted by Crippen LogP contribution is -2.43. The van der Waals surface area contributed by atoms with E-state index in [1.54, 1.807) is 24.3 Å². The maximum absolute atomic E-state index is 12.0. The van der Waals surface area contributed by atoms with Gasteiger partial charge >= 0.3 is 0 Å². The molecule has 0 radical (unpaired) electrons. The summed E-state index contributed by atoms with van der Waals surface area (Å²) in [5.41, 5.74) is 6.57. The Hall–Kier alpha value is -1.84. The van der Waals surface area contributed by atoms with E-state index >= 15 is 0 Å².